The Hall–Kier alpha value is -0.690. The van der Waals surface area contributed by atoms with Crippen molar-refractivity contribution in [3.8, 4) is 0 Å². The maximum atomic E-state index is 11.9. The largest absolute Gasteiger partial charge is 0.392 e. The van der Waals surface area contributed by atoms with Crippen LogP contribution in [0.5, 0.6) is 0 Å². The minimum Gasteiger partial charge on any atom is -0.392 e. The quantitative estimate of drug-likeness (QED) is 0.682. The number of sulfone groups is 1. The van der Waals surface area contributed by atoms with Crippen LogP contribution in [0.2, 0.25) is 0 Å². The van der Waals surface area contributed by atoms with Crippen molar-refractivity contribution >= 4 is 33.0 Å². The molecule has 1 heterocycles. The molecule has 96 valence electrons. The molecule has 5 nitrogen and oxygen atoms in total. The molecule has 2 aliphatic rings. The third-order valence-corrected chi connectivity index (χ3v) is 5.32. The predicted octanol–water partition coefficient (Wildman–Crippen LogP) is -0.398. The van der Waals surface area contributed by atoms with Crippen molar-refractivity contribution in [2.75, 3.05) is 11.5 Å². The van der Waals surface area contributed by atoms with Crippen molar-refractivity contribution in [2.45, 2.75) is 25.3 Å². The lowest BCUT2D eigenvalue weighted by atomic mass is 10.1. The van der Waals surface area contributed by atoms with Crippen LogP contribution in [0.1, 0.15) is 19.3 Å². The first kappa shape index (κ1) is 12.8. The average molecular weight is 276 g/mol. The van der Waals surface area contributed by atoms with E-state index in [-0.39, 0.29) is 23.5 Å². The van der Waals surface area contributed by atoms with Gasteiger partial charge in [0.2, 0.25) is 5.91 Å². The summed E-state index contributed by atoms with van der Waals surface area (Å²) in [6, 6.07) is -0.263. The second-order valence-electron chi connectivity index (χ2n) is 4.83. The molecule has 1 saturated carbocycles. The van der Waals surface area contributed by atoms with E-state index in [1.165, 1.54) is 0 Å². The van der Waals surface area contributed by atoms with Gasteiger partial charge in [-0.05, 0) is 25.2 Å². The number of carbonyl (C=O) groups excluding carboxylic acids is 1. The van der Waals surface area contributed by atoms with Gasteiger partial charge < -0.3 is 11.1 Å². The average Bonchev–Trinajstić information content (AvgIpc) is 2.98. The summed E-state index contributed by atoms with van der Waals surface area (Å²) in [4.78, 5) is 12.2. The van der Waals surface area contributed by atoms with Gasteiger partial charge in [0.25, 0.3) is 0 Å². The van der Waals surface area contributed by atoms with Gasteiger partial charge in [-0.2, -0.15) is 0 Å². The van der Waals surface area contributed by atoms with Crippen LogP contribution in [0.25, 0.3) is 0 Å². The molecule has 0 spiro atoms. The summed E-state index contributed by atoms with van der Waals surface area (Å²) < 4.78 is 22.6. The molecular weight excluding hydrogens is 260 g/mol. The molecule has 2 unspecified atom stereocenters. The summed E-state index contributed by atoms with van der Waals surface area (Å²) in [6.45, 7) is 0. The van der Waals surface area contributed by atoms with Gasteiger partial charge in [0.1, 0.15) is 0 Å². The lowest BCUT2D eigenvalue weighted by Gasteiger charge is -2.18. The Balaban J connectivity index is 1.94. The first-order valence-corrected chi connectivity index (χ1v) is 7.92. The summed E-state index contributed by atoms with van der Waals surface area (Å²) in [5, 5.41) is 2.79. The van der Waals surface area contributed by atoms with Crippen molar-refractivity contribution in [2.24, 2.45) is 17.6 Å². The molecule has 17 heavy (non-hydrogen) atoms. The van der Waals surface area contributed by atoms with E-state index in [2.05, 4.69) is 5.32 Å². The van der Waals surface area contributed by atoms with E-state index < -0.39 is 15.8 Å². The predicted molar refractivity (Wildman–Crippen MR) is 68.2 cm³/mol. The Bertz CT molecular complexity index is 442. The highest BCUT2D eigenvalue weighted by Crippen LogP contribution is 2.33. The zero-order valence-corrected chi connectivity index (χ0v) is 11.0. The van der Waals surface area contributed by atoms with Gasteiger partial charge in [-0.3, -0.25) is 4.79 Å². The Kier molecular flexibility index (Phi) is 3.40. The van der Waals surface area contributed by atoms with Crippen LogP contribution in [-0.2, 0) is 14.6 Å². The maximum absolute atomic E-state index is 11.9. The number of hydrogen-bond donors (Lipinski definition) is 2. The third kappa shape index (κ3) is 3.16. The van der Waals surface area contributed by atoms with E-state index >= 15 is 0 Å². The first-order valence-electron chi connectivity index (χ1n) is 5.69. The van der Waals surface area contributed by atoms with Crippen molar-refractivity contribution in [3.63, 3.8) is 0 Å². The second kappa shape index (κ2) is 4.53. The SMILES string of the molecule is NC(=S)C(NC(=O)C1CCS(=O)(=O)C1)C1CC1. The number of nitrogens with two attached hydrogens (primary N) is 1. The molecule has 0 aromatic rings. The summed E-state index contributed by atoms with van der Waals surface area (Å²) >= 11 is 4.92. The number of amides is 1. The van der Waals surface area contributed by atoms with Crippen LogP contribution in [0.15, 0.2) is 0 Å². The molecule has 0 bridgehead atoms. The maximum Gasteiger partial charge on any atom is 0.224 e. The van der Waals surface area contributed by atoms with Crippen LogP contribution >= 0.6 is 12.2 Å². The van der Waals surface area contributed by atoms with E-state index in [4.69, 9.17) is 18.0 Å². The molecular formula is C10H16N2O3S2. The van der Waals surface area contributed by atoms with E-state index in [9.17, 15) is 13.2 Å². The Morgan fingerprint density at radius 2 is 2.00 bits per heavy atom. The first-order chi connectivity index (χ1) is 7.89. The highest BCUT2D eigenvalue weighted by atomic mass is 32.2. The molecule has 0 aromatic carbocycles. The molecule has 1 amide bonds. The van der Waals surface area contributed by atoms with Crippen molar-refractivity contribution < 1.29 is 13.2 Å². The van der Waals surface area contributed by atoms with Crippen molar-refractivity contribution in [1.29, 1.82) is 0 Å². The summed E-state index contributed by atoms with van der Waals surface area (Å²) in [7, 11) is -3.03. The lowest BCUT2D eigenvalue weighted by Crippen LogP contribution is -2.47. The fraction of sp³-hybridized carbons (Fsp3) is 0.800. The van der Waals surface area contributed by atoms with Gasteiger partial charge in [0.15, 0.2) is 9.84 Å². The summed E-state index contributed by atoms with van der Waals surface area (Å²) in [5.41, 5.74) is 5.58. The van der Waals surface area contributed by atoms with Crippen LogP contribution in [-0.4, -0.2) is 36.9 Å². The van der Waals surface area contributed by atoms with Crippen molar-refractivity contribution in [3.05, 3.63) is 0 Å². The topological polar surface area (TPSA) is 89.3 Å². The lowest BCUT2D eigenvalue weighted by molar-refractivity contribution is -0.124. The molecule has 2 rings (SSSR count). The summed E-state index contributed by atoms with van der Waals surface area (Å²) in [6.07, 6.45) is 2.44. The number of carbonyl (C=O) groups is 1. The number of nitrogens with one attached hydrogen (secondary N) is 1. The van der Waals surface area contributed by atoms with Gasteiger partial charge in [0.05, 0.1) is 28.5 Å². The number of thiocarbonyl (C=S) groups is 1. The van der Waals surface area contributed by atoms with E-state index in [0.717, 1.165) is 12.8 Å². The zero-order valence-electron chi connectivity index (χ0n) is 9.39. The molecule has 1 aliphatic heterocycles. The number of rotatable bonds is 4. The van der Waals surface area contributed by atoms with E-state index in [1.807, 2.05) is 0 Å². The van der Waals surface area contributed by atoms with Gasteiger partial charge in [-0.25, -0.2) is 8.42 Å². The number of hydrogen-bond acceptors (Lipinski definition) is 4. The van der Waals surface area contributed by atoms with Crippen LogP contribution in [0, 0.1) is 11.8 Å². The van der Waals surface area contributed by atoms with E-state index in [0.29, 0.717) is 17.3 Å². The van der Waals surface area contributed by atoms with Gasteiger partial charge in [-0.15, -0.1) is 0 Å². The molecule has 2 fully saturated rings. The molecule has 0 aromatic heterocycles. The van der Waals surface area contributed by atoms with Crippen molar-refractivity contribution in [1.82, 2.24) is 5.32 Å². The molecule has 3 N–H and O–H groups in total. The molecule has 7 heteroatoms. The van der Waals surface area contributed by atoms with Gasteiger partial charge in [0, 0.05) is 0 Å². The molecule has 0 radical (unpaired) electrons. The Morgan fingerprint density at radius 3 is 2.41 bits per heavy atom. The third-order valence-electron chi connectivity index (χ3n) is 3.30. The minimum atomic E-state index is -3.03. The van der Waals surface area contributed by atoms with Crippen LogP contribution in [0.3, 0.4) is 0 Å². The normalized spacial score (nSPS) is 28.6. The molecule has 2 atom stereocenters. The van der Waals surface area contributed by atoms with E-state index in [1.54, 1.807) is 0 Å². The minimum absolute atomic E-state index is 0.0481. The molecule has 1 saturated heterocycles. The van der Waals surface area contributed by atoms with Gasteiger partial charge >= 0.3 is 0 Å². The van der Waals surface area contributed by atoms with Crippen LogP contribution < -0.4 is 11.1 Å². The monoisotopic (exact) mass is 276 g/mol. The van der Waals surface area contributed by atoms with Crippen LogP contribution in [0.4, 0.5) is 0 Å². The standard InChI is InChI=1S/C10H16N2O3S2/c11-9(16)8(6-1-2-6)12-10(13)7-3-4-17(14,15)5-7/h6-8H,1-5H2,(H2,11,16)(H,12,13). The smallest absolute Gasteiger partial charge is 0.224 e. The second-order valence-corrected chi connectivity index (χ2v) is 7.53. The zero-order chi connectivity index (χ0) is 12.6. The fourth-order valence-corrected chi connectivity index (χ4v) is 4.12. The van der Waals surface area contributed by atoms with Gasteiger partial charge in [-0.1, -0.05) is 12.2 Å². The summed E-state index contributed by atoms with van der Waals surface area (Å²) in [5.74, 6) is -0.263. The molecule has 1 aliphatic carbocycles. The Morgan fingerprint density at radius 1 is 1.35 bits per heavy atom. The highest BCUT2D eigenvalue weighted by Gasteiger charge is 2.38. The fourth-order valence-electron chi connectivity index (χ4n) is 2.12. The Labute approximate surface area is 106 Å². The highest BCUT2D eigenvalue weighted by molar-refractivity contribution is 7.91.